The third-order valence-corrected chi connectivity index (χ3v) is 5.37. The molecule has 160 valence electrons. The maximum absolute atomic E-state index is 13.1. The van der Waals surface area contributed by atoms with Crippen LogP contribution < -0.4 is 19.9 Å². The molecule has 0 aliphatic carbocycles. The minimum atomic E-state index is -0.505. The minimum Gasteiger partial charge on any atom is -0.494 e. The van der Waals surface area contributed by atoms with Crippen LogP contribution in [0, 0.1) is 0 Å². The average Bonchev–Trinajstić information content (AvgIpc) is 2.79. The lowest BCUT2D eigenvalue weighted by Gasteiger charge is -2.29. The zero-order valence-electron chi connectivity index (χ0n) is 17.2. The van der Waals surface area contributed by atoms with Crippen molar-refractivity contribution in [3.63, 3.8) is 0 Å². The number of carbonyl (C=O) groups is 2. The molecule has 2 fully saturated rings. The molecule has 0 radical (unpaired) electrons. The number of anilines is 2. The normalized spacial score (nSPS) is 18.4. The second-order valence-electron chi connectivity index (χ2n) is 7.08. The topological polar surface area (TPSA) is 71.1 Å². The average molecular weight is 438 g/mol. The van der Waals surface area contributed by atoms with E-state index in [0.29, 0.717) is 31.3 Å². The Kier molecular flexibility index (Phi) is 6.29. The van der Waals surface area contributed by atoms with E-state index in [2.05, 4.69) is 10.2 Å². The molecule has 1 N–H and O–H groups in total. The van der Waals surface area contributed by atoms with E-state index in [0.717, 1.165) is 24.3 Å². The standard InChI is InChI=1S/C23H23N3O4S/c1-2-30-19-9-7-18(8-10-19)26-22(28)20(21(27)24-23(26)31)15-16-3-5-17(6-4-16)25-11-13-29-14-12-25/h3-10,15H,2,11-14H2,1H3,(H,24,27,31). The van der Waals surface area contributed by atoms with Gasteiger partial charge in [-0.3, -0.25) is 19.8 Å². The van der Waals surface area contributed by atoms with Gasteiger partial charge in [-0.1, -0.05) is 12.1 Å². The SMILES string of the molecule is CCOc1ccc(N2C(=O)C(=Cc3ccc(N4CCOCC4)cc3)C(=O)NC2=S)cc1. The Morgan fingerprint density at radius 2 is 1.68 bits per heavy atom. The van der Waals surface area contributed by atoms with Crippen molar-refractivity contribution in [1.82, 2.24) is 5.32 Å². The van der Waals surface area contributed by atoms with E-state index < -0.39 is 11.8 Å². The molecule has 0 atom stereocenters. The van der Waals surface area contributed by atoms with Crippen molar-refractivity contribution in [2.24, 2.45) is 0 Å². The Balaban J connectivity index is 1.56. The lowest BCUT2D eigenvalue weighted by Crippen LogP contribution is -2.54. The number of rotatable bonds is 5. The largest absolute Gasteiger partial charge is 0.494 e. The van der Waals surface area contributed by atoms with Crippen LogP contribution in [0.5, 0.6) is 5.75 Å². The number of hydrogen-bond acceptors (Lipinski definition) is 6. The van der Waals surface area contributed by atoms with Gasteiger partial charge in [-0.2, -0.15) is 0 Å². The van der Waals surface area contributed by atoms with Crippen LogP contribution in [0.3, 0.4) is 0 Å². The van der Waals surface area contributed by atoms with Crippen LogP contribution in [0.15, 0.2) is 54.1 Å². The molecule has 2 aliphatic heterocycles. The van der Waals surface area contributed by atoms with E-state index in [9.17, 15) is 9.59 Å². The Bertz CT molecular complexity index is 1010. The monoisotopic (exact) mass is 437 g/mol. The molecule has 0 unspecified atom stereocenters. The summed E-state index contributed by atoms with van der Waals surface area (Å²) in [6.45, 7) is 5.56. The van der Waals surface area contributed by atoms with Gasteiger partial charge in [0.15, 0.2) is 5.11 Å². The number of hydrogen-bond donors (Lipinski definition) is 1. The number of thiocarbonyl (C=S) groups is 1. The number of nitrogens with zero attached hydrogens (tertiary/aromatic N) is 2. The van der Waals surface area contributed by atoms with Crippen molar-refractivity contribution >= 4 is 46.6 Å². The summed E-state index contributed by atoms with van der Waals surface area (Å²) in [7, 11) is 0. The summed E-state index contributed by atoms with van der Waals surface area (Å²) in [6.07, 6.45) is 1.59. The zero-order valence-corrected chi connectivity index (χ0v) is 18.0. The summed E-state index contributed by atoms with van der Waals surface area (Å²) in [6, 6.07) is 14.8. The van der Waals surface area contributed by atoms with E-state index in [1.165, 1.54) is 4.90 Å². The van der Waals surface area contributed by atoms with Crippen molar-refractivity contribution in [2.75, 3.05) is 42.7 Å². The third kappa shape index (κ3) is 4.60. The maximum Gasteiger partial charge on any atom is 0.270 e. The van der Waals surface area contributed by atoms with Crippen molar-refractivity contribution in [1.29, 1.82) is 0 Å². The first-order chi connectivity index (χ1) is 15.1. The zero-order chi connectivity index (χ0) is 21.8. The van der Waals surface area contributed by atoms with Gasteiger partial charge in [0.25, 0.3) is 11.8 Å². The quantitative estimate of drug-likeness (QED) is 0.441. The van der Waals surface area contributed by atoms with E-state index in [1.54, 1.807) is 30.3 Å². The summed E-state index contributed by atoms with van der Waals surface area (Å²) < 4.78 is 10.8. The van der Waals surface area contributed by atoms with E-state index in [4.69, 9.17) is 21.7 Å². The second-order valence-corrected chi connectivity index (χ2v) is 7.46. The fourth-order valence-electron chi connectivity index (χ4n) is 3.52. The van der Waals surface area contributed by atoms with E-state index in [-0.39, 0.29) is 10.7 Å². The van der Waals surface area contributed by atoms with Crippen LogP contribution in [0.1, 0.15) is 12.5 Å². The molecule has 8 heteroatoms. The Hall–Kier alpha value is -3.23. The summed E-state index contributed by atoms with van der Waals surface area (Å²) in [5, 5.41) is 2.66. The fraction of sp³-hybridized carbons (Fsp3) is 0.261. The third-order valence-electron chi connectivity index (χ3n) is 5.09. The van der Waals surface area contributed by atoms with Gasteiger partial charge in [0, 0.05) is 18.8 Å². The highest BCUT2D eigenvalue weighted by Gasteiger charge is 2.34. The molecule has 2 aromatic carbocycles. The number of morpholine rings is 1. The molecule has 2 aromatic rings. The first-order valence-electron chi connectivity index (χ1n) is 10.1. The highest BCUT2D eigenvalue weighted by Crippen LogP contribution is 2.25. The van der Waals surface area contributed by atoms with Gasteiger partial charge in [-0.05, 0) is 67.2 Å². The van der Waals surface area contributed by atoms with Crippen LogP contribution in [0.25, 0.3) is 6.08 Å². The smallest absolute Gasteiger partial charge is 0.270 e. The van der Waals surface area contributed by atoms with Crippen molar-refractivity contribution in [3.05, 3.63) is 59.7 Å². The number of ether oxygens (including phenoxy) is 2. The van der Waals surface area contributed by atoms with Gasteiger partial charge >= 0.3 is 0 Å². The van der Waals surface area contributed by atoms with Crippen molar-refractivity contribution in [2.45, 2.75) is 6.92 Å². The van der Waals surface area contributed by atoms with Crippen LogP contribution in [0.4, 0.5) is 11.4 Å². The molecule has 0 aromatic heterocycles. The fourth-order valence-corrected chi connectivity index (χ4v) is 3.80. The predicted octanol–water partition coefficient (Wildman–Crippen LogP) is 2.75. The van der Waals surface area contributed by atoms with Crippen LogP contribution in [-0.4, -0.2) is 49.8 Å². The summed E-state index contributed by atoms with van der Waals surface area (Å²) in [5.74, 6) is -0.272. The summed E-state index contributed by atoms with van der Waals surface area (Å²) in [5.41, 5.74) is 2.44. The van der Waals surface area contributed by atoms with Crippen molar-refractivity contribution < 1.29 is 19.1 Å². The molecule has 0 spiro atoms. The first kappa shape index (κ1) is 21.0. The predicted molar refractivity (Wildman–Crippen MR) is 123 cm³/mol. The molecular weight excluding hydrogens is 414 g/mol. The first-order valence-corrected chi connectivity index (χ1v) is 10.5. The number of nitrogens with one attached hydrogen (secondary N) is 1. The van der Waals surface area contributed by atoms with Gasteiger partial charge in [0.1, 0.15) is 11.3 Å². The Labute approximate surface area is 186 Å². The van der Waals surface area contributed by atoms with Gasteiger partial charge < -0.3 is 14.4 Å². The molecule has 2 aliphatic rings. The number of amides is 2. The molecular formula is C23H23N3O4S. The van der Waals surface area contributed by atoms with Crippen LogP contribution in [0.2, 0.25) is 0 Å². The molecule has 4 rings (SSSR count). The van der Waals surface area contributed by atoms with Crippen LogP contribution in [-0.2, 0) is 14.3 Å². The lowest BCUT2D eigenvalue weighted by atomic mass is 10.1. The Morgan fingerprint density at radius 3 is 2.32 bits per heavy atom. The van der Waals surface area contributed by atoms with Crippen molar-refractivity contribution in [3.8, 4) is 5.75 Å². The lowest BCUT2D eigenvalue weighted by molar-refractivity contribution is -0.122. The van der Waals surface area contributed by atoms with Crippen LogP contribution >= 0.6 is 12.2 Å². The van der Waals surface area contributed by atoms with Gasteiger partial charge in [-0.25, -0.2) is 0 Å². The summed E-state index contributed by atoms with van der Waals surface area (Å²) in [4.78, 5) is 29.2. The van der Waals surface area contributed by atoms with Gasteiger partial charge in [-0.15, -0.1) is 0 Å². The number of carbonyl (C=O) groups excluding carboxylic acids is 2. The molecule has 2 heterocycles. The molecule has 2 amide bonds. The molecule has 0 saturated carbocycles. The number of benzene rings is 2. The minimum absolute atomic E-state index is 0.0293. The molecule has 2 saturated heterocycles. The molecule has 7 nitrogen and oxygen atoms in total. The van der Waals surface area contributed by atoms with E-state index in [1.807, 2.05) is 31.2 Å². The van der Waals surface area contributed by atoms with Gasteiger partial charge in [0.2, 0.25) is 0 Å². The van der Waals surface area contributed by atoms with E-state index >= 15 is 0 Å². The highest BCUT2D eigenvalue weighted by molar-refractivity contribution is 7.80. The molecule has 0 bridgehead atoms. The highest BCUT2D eigenvalue weighted by atomic mass is 32.1. The Morgan fingerprint density at radius 1 is 1.03 bits per heavy atom. The van der Waals surface area contributed by atoms with Gasteiger partial charge in [0.05, 0.1) is 25.5 Å². The second kappa shape index (κ2) is 9.28. The maximum atomic E-state index is 13.1. The summed E-state index contributed by atoms with van der Waals surface area (Å²) >= 11 is 5.25. The molecule has 31 heavy (non-hydrogen) atoms.